The van der Waals surface area contributed by atoms with Gasteiger partial charge in [0.25, 0.3) is 0 Å². The van der Waals surface area contributed by atoms with Crippen LogP contribution in [-0.4, -0.2) is 5.54 Å². The predicted molar refractivity (Wildman–Crippen MR) is 213 cm³/mol. The van der Waals surface area contributed by atoms with E-state index in [-0.39, 0.29) is 11.0 Å². The van der Waals surface area contributed by atoms with Crippen molar-refractivity contribution >= 4 is 28.4 Å². The van der Waals surface area contributed by atoms with Gasteiger partial charge < -0.3 is 9.80 Å². The van der Waals surface area contributed by atoms with E-state index in [2.05, 4.69) is 211 Å². The van der Waals surface area contributed by atoms with Crippen LogP contribution in [0.2, 0.25) is 0 Å². The Hall–Kier alpha value is -5.08. The summed E-state index contributed by atoms with van der Waals surface area (Å²) >= 11 is 0. The van der Waals surface area contributed by atoms with Gasteiger partial charge in [-0.15, -0.1) is 0 Å². The van der Waals surface area contributed by atoms with Crippen molar-refractivity contribution in [1.29, 1.82) is 0 Å². The van der Waals surface area contributed by atoms with Gasteiger partial charge in [-0.25, -0.2) is 0 Å². The van der Waals surface area contributed by atoms with Crippen LogP contribution in [0.3, 0.4) is 0 Å². The topological polar surface area (TPSA) is 6.48 Å². The highest BCUT2D eigenvalue weighted by Gasteiger charge is 2.25. The van der Waals surface area contributed by atoms with E-state index in [0.29, 0.717) is 0 Å². The minimum absolute atomic E-state index is 0.0684. The molecule has 0 atom stereocenters. The van der Waals surface area contributed by atoms with Gasteiger partial charge in [0, 0.05) is 34.0 Å². The zero-order valence-corrected chi connectivity index (χ0v) is 30.5. The Balaban J connectivity index is 1.34. The van der Waals surface area contributed by atoms with Crippen molar-refractivity contribution in [2.45, 2.75) is 72.8 Å². The summed E-state index contributed by atoms with van der Waals surface area (Å²) in [5.74, 6) is 0. The summed E-state index contributed by atoms with van der Waals surface area (Å²) in [5.41, 5.74) is 14.8. The molecule has 0 aromatic heterocycles. The summed E-state index contributed by atoms with van der Waals surface area (Å²) in [7, 11) is 0. The molecular weight excluding hydrogens is 593 g/mol. The lowest BCUT2D eigenvalue weighted by atomic mass is 9.86. The van der Waals surface area contributed by atoms with Gasteiger partial charge in [0.2, 0.25) is 0 Å². The Kier molecular flexibility index (Phi) is 9.52. The largest absolute Gasteiger partial charge is 0.336 e. The van der Waals surface area contributed by atoms with Crippen molar-refractivity contribution in [3.05, 3.63) is 162 Å². The maximum absolute atomic E-state index is 2.47. The third-order valence-corrected chi connectivity index (χ3v) is 9.38. The number of benzene rings is 6. The lowest BCUT2D eigenvalue weighted by Crippen LogP contribution is -2.38. The molecule has 0 N–H and O–H groups in total. The van der Waals surface area contributed by atoms with Crippen LogP contribution in [0.1, 0.15) is 65.2 Å². The number of rotatable bonds is 8. The van der Waals surface area contributed by atoms with Gasteiger partial charge in [-0.1, -0.05) is 113 Å². The lowest BCUT2D eigenvalue weighted by Gasteiger charge is -2.39. The SMILES string of the molecule is CCc1cc(-c2ccc(N(c3ccccc3)c3ccc(-c4ccc(C(C)(C)C)cc4)cc3)c(C)c2)ccc1N(c1ccccc1)C(C)(C)C. The summed E-state index contributed by atoms with van der Waals surface area (Å²) in [5, 5.41) is 0. The molecule has 6 aromatic rings. The van der Waals surface area contributed by atoms with Gasteiger partial charge in [-0.05, 0) is 139 Å². The summed E-state index contributed by atoms with van der Waals surface area (Å²) in [4.78, 5) is 4.83. The number of hydrogen-bond donors (Lipinski definition) is 0. The van der Waals surface area contributed by atoms with E-state index >= 15 is 0 Å². The zero-order chi connectivity index (χ0) is 34.8. The van der Waals surface area contributed by atoms with Gasteiger partial charge in [0.15, 0.2) is 0 Å². The first-order valence-corrected chi connectivity index (χ1v) is 17.6. The second-order valence-corrected chi connectivity index (χ2v) is 15.1. The van der Waals surface area contributed by atoms with Crippen molar-refractivity contribution in [1.82, 2.24) is 0 Å². The summed E-state index contributed by atoms with van der Waals surface area (Å²) < 4.78 is 0. The molecule has 0 saturated carbocycles. The van der Waals surface area contributed by atoms with Gasteiger partial charge in [-0.2, -0.15) is 0 Å². The van der Waals surface area contributed by atoms with Crippen LogP contribution >= 0.6 is 0 Å². The fourth-order valence-electron chi connectivity index (χ4n) is 6.79. The zero-order valence-electron chi connectivity index (χ0n) is 30.5. The number of para-hydroxylation sites is 2. The van der Waals surface area contributed by atoms with E-state index < -0.39 is 0 Å². The molecule has 0 fully saturated rings. The van der Waals surface area contributed by atoms with Crippen molar-refractivity contribution in [2.75, 3.05) is 9.80 Å². The summed E-state index contributed by atoms with van der Waals surface area (Å²) in [6, 6.07) is 53.2. The molecule has 0 spiro atoms. The highest BCUT2D eigenvalue weighted by molar-refractivity contribution is 5.82. The van der Waals surface area contributed by atoms with Crippen LogP contribution in [0, 0.1) is 6.92 Å². The molecule has 0 aliphatic rings. The van der Waals surface area contributed by atoms with Crippen LogP contribution in [0.25, 0.3) is 22.3 Å². The smallest absolute Gasteiger partial charge is 0.0491 e. The quantitative estimate of drug-likeness (QED) is 0.163. The minimum atomic E-state index is -0.0684. The Bertz CT molecular complexity index is 1990. The molecule has 2 nitrogen and oxygen atoms in total. The molecule has 0 aliphatic heterocycles. The summed E-state index contributed by atoms with van der Waals surface area (Å²) in [6.45, 7) is 18.1. The first-order chi connectivity index (χ1) is 23.4. The van der Waals surface area contributed by atoms with Gasteiger partial charge >= 0.3 is 0 Å². The number of aryl methyl sites for hydroxylation is 2. The highest BCUT2D eigenvalue weighted by Crippen LogP contribution is 2.41. The minimum Gasteiger partial charge on any atom is -0.336 e. The Labute approximate surface area is 294 Å². The molecule has 0 heterocycles. The van der Waals surface area contributed by atoms with Crippen LogP contribution in [0.4, 0.5) is 28.4 Å². The Morgan fingerprint density at radius 3 is 1.45 bits per heavy atom. The Morgan fingerprint density at radius 1 is 0.469 bits per heavy atom. The maximum atomic E-state index is 2.47. The molecule has 0 bridgehead atoms. The predicted octanol–water partition coefficient (Wildman–Crippen LogP) is 13.6. The lowest BCUT2D eigenvalue weighted by molar-refractivity contribution is 0.559. The average Bonchev–Trinajstić information content (AvgIpc) is 3.09. The fourth-order valence-corrected chi connectivity index (χ4v) is 6.79. The highest BCUT2D eigenvalue weighted by atomic mass is 15.2. The van der Waals surface area contributed by atoms with Crippen molar-refractivity contribution in [3.63, 3.8) is 0 Å². The van der Waals surface area contributed by atoms with E-state index in [0.717, 1.165) is 17.8 Å². The molecule has 2 heteroatoms. The van der Waals surface area contributed by atoms with Gasteiger partial charge in [0.05, 0.1) is 0 Å². The molecule has 6 rings (SSSR count). The molecule has 0 unspecified atom stereocenters. The van der Waals surface area contributed by atoms with Gasteiger partial charge in [-0.3, -0.25) is 0 Å². The number of anilines is 5. The van der Waals surface area contributed by atoms with E-state index in [1.165, 1.54) is 56.0 Å². The van der Waals surface area contributed by atoms with Crippen LogP contribution in [0.5, 0.6) is 0 Å². The molecule has 0 amide bonds. The van der Waals surface area contributed by atoms with E-state index in [4.69, 9.17) is 0 Å². The Morgan fingerprint density at radius 2 is 0.939 bits per heavy atom. The third-order valence-electron chi connectivity index (χ3n) is 9.38. The fraction of sp³-hybridized carbons (Fsp3) is 0.234. The van der Waals surface area contributed by atoms with Crippen LogP contribution < -0.4 is 9.80 Å². The number of nitrogens with zero attached hydrogens (tertiary/aromatic N) is 2. The molecule has 0 radical (unpaired) electrons. The van der Waals surface area contributed by atoms with Gasteiger partial charge in [0.1, 0.15) is 0 Å². The monoisotopic (exact) mass is 642 g/mol. The van der Waals surface area contributed by atoms with E-state index in [1.54, 1.807) is 0 Å². The molecule has 6 aromatic carbocycles. The molecule has 49 heavy (non-hydrogen) atoms. The molecule has 0 saturated heterocycles. The molecular formula is C47H50N2. The second-order valence-electron chi connectivity index (χ2n) is 15.1. The first kappa shape index (κ1) is 33.8. The maximum Gasteiger partial charge on any atom is 0.0491 e. The molecule has 248 valence electrons. The third kappa shape index (κ3) is 7.34. The van der Waals surface area contributed by atoms with E-state index in [9.17, 15) is 0 Å². The van der Waals surface area contributed by atoms with Crippen molar-refractivity contribution in [2.24, 2.45) is 0 Å². The molecule has 0 aliphatic carbocycles. The van der Waals surface area contributed by atoms with Crippen molar-refractivity contribution < 1.29 is 0 Å². The summed E-state index contributed by atoms with van der Waals surface area (Å²) in [6.07, 6.45) is 0.957. The average molecular weight is 643 g/mol. The normalized spacial score (nSPS) is 11.8. The standard InChI is InChI=1S/C47H50N2/c1-9-35-33-39(25-31-45(35)49(47(6,7)8)43-18-14-11-15-19-43)38-24-30-44(34(2)32-38)48(41-16-12-10-13-17-41)42-28-22-37(23-29-42)36-20-26-40(27-21-36)46(3,4)5/h10-33H,9H2,1-8H3. The number of hydrogen-bond acceptors (Lipinski definition) is 2. The second kappa shape index (κ2) is 13.8. The van der Waals surface area contributed by atoms with Crippen molar-refractivity contribution in [3.8, 4) is 22.3 Å². The van der Waals surface area contributed by atoms with Crippen LogP contribution in [0.15, 0.2) is 146 Å². The van der Waals surface area contributed by atoms with Crippen LogP contribution in [-0.2, 0) is 11.8 Å². The first-order valence-electron chi connectivity index (χ1n) is 17.6. The van der Waals surface area contributed by atoms with E-state index in [1.807, 2.05) is 0 Å².